The van der Waals surface area contributed by atoms with Gasteiger partial charge in [0.1, 0.15) is 0 Å². The summed E-state index contributed by atoms with van der Waals surface area (Å²) in [6.07, 6.45) is -7.46. The molecule has 0 aliphatic heterocycles. The second kappa shape index (κ2) is 4.55. The molecule has 1 nitrogen and oxygen atoms in total. The fourth-order valence-electron chi connectivity index (χ4n) is 1.11. The lowest BCUT2D eigenvalue weighted by Crippen LogP contribution is -2.19. The van der Waals surface area contributed by atoms with E-state index in [-0.39, 0.29) is 5.56 Å². The molecule has 0 saturated carbocycles. The van der Waals surface area contributed by atoms with Crippen LogP contribution in [-0.4, -0.2) is 6.43 Å². The van der Waals surface area contributed by atoms with Crippen LogP contribution in [0.2, 0.25) is 5.02 Å². The van der Waals surface area contributed by atoms with Crippen LogP contribution in [0, 0.1) is 0 Å². The zero-order chi connectivity index (χ0) is 12.5. The smallest absolute Gasteiger partial charge is 0.319 e. The Hall–Kier alpha value is -0.880. The Kier molecular flexibility index (Phi) is 3.75. The van der Waals surface area contributed by atoms with Gasteiger partial charge in [0, 0.05) is 0 Å². The molecule has 1 rings (SSSR count). The molecular weight excluding hydrogens is 253 g/mol. The first kappa shape index (κ1) is 13.2. The Balaban J connectivity index is 3.09. The van der Waals surface area contributed by atoms with E-state index in [9.17, 15) is 22.0 Å². The Morgan fingerprint density at radius 2 is 1.75 bits per heavy atom. The maximum Gasteiger partial charge on any atom is 0.417 e. The van der Waals surface area contributed by atoms with Gasteiger partial charge in [0.15, 0.2) is 0 Å². The van der Waals surface area contributed by atoms with Crippen LogP contribution in [0.5, 0.6) is 0 Å². The number of nitrogens with two attached hydrogens (primary N) is 1. The van der Waals surface area contributed by atoms with Gasteiger partial charge in [0.2, 0.25) is 0 Å². The van der Waals surface area contributed by atoms with Gasteiger partial charge in [-0.2, -0.15) is 13.2 Å². The monoisotopic (exact) mass is 259 g/mol. The zero-order valence-corrected chi connectivity index (χ0v) is 8.49. The van der Waals surface area contributed by atoms with E-state index >= 15 is 0 Å². The summed E-state index contributed by atoms with van der Waals surface area (Å²) < 4.78 is 61.2. The minimum Gasteiger partial charge on any atom is -0.319 e. The fraction of sp³-hybridized carbons (Fsp3) is 0.333. The van der Waals surface area contributed by atoms with Crippen molar-refractivity contribution in [2.75, 3.05) is 0 Å². The van der Waals surface area contributed by atoms with E-state index in [1.807, 2.05) is 0 Å². The lowest BCUT2D eigenvalue weighted by Gasteiger charge is -2.14. The van der Waals surface area contributed by atoms with Gasteiger partial charge in [-0.25, -0.2) is 8.78 Å². The molecule has 0 radical (unpaired) electrons. The van der Waals surface area contributed by atoms with Gasteiger partial charge in [0.05, 0.1) is 16.6 Å². The molecule has 0 saturated heterocycles. The molecule has 0 bridgehead atoms. The Morgan fingerprint density at radius 1 is 1.19 bits per heavy atom. The van der Waals surface area contributed by atoms with Crippen molar-refractivity contribution in [1.29, 1.82) is 0 Å². The maximum absolute atomic E-state index is 12.3. The molecule has 7 heteroatoms. The largest absolute Gasteiger partial charge is 0.417 e. The molecule has 1 aromatic carbocycles. The van der Waals surface area contributed by atoms with E-state index in [0.29, 0.717) is 6.07 Å². The maximum atomic E-state index is 12.3. The summed E-state index contributed by atoms with van der Waals surface area (Å²) in [6.45, 7) is 0. The van der Waals surface area contributed by atoms with Crippen LogP contribution in [0.4, 0.5) is 22.0 Å². The first-order valence-electron chi connectivity index (χ1n) is 4.14. The van der Waals surface area contributed by atoms with E-state index in [2.05, 4.69) is 0 Å². The minimum atomic E-state index is -4.61. The quantitative estimate of drug-likeness (QED) is 0.807. The van der Waals surface area contributed by atoms with Crippen LogP contribution in [0.1, 0.15) is 17.2 Å². The van der Waals surface area contributed by atoms with Gasteiger partial charge in [0.25, 0.3) is 6.43 Å². The molecular formula is C9H7ClF5N. The van der Waals surface area contributed by atoms with E-state index in [0.717, 1.165) is 12.1 Å². The predicted molar refractivity (Wildman–Crippen MR) is 49.4 cm³/mol. The lowest BCUT2D eigenvalue weighted by molar-refractivity contribution is -0.137. The predicted octanol–water partition coefficient (Wildman–Crippen LogP) is 3.62. The van der Waals surface area contributed by atoms with Crippen molar-refractivity contribution in [3.05, 3.63) is 34.3 Å². The highest BCUT2D eigenvalue weighted by Crippen LogP contribution is 2.36. The standard InChI is InChI=1S/C9H7ClF5N/c10-6-3-4(7(16)8(11)12)1-2-5(6)9(13,14)15/h1-3,7-8H,16H2/t7-/m1/s1. The first-order valence-corrected chi connectivity index (χ1v) is 4.51. The first-order chi connectivity index (χ1) is 7.23. The van der Waals surface area contributed by atoms with Gasteiger partial charge in [-0.15, -0.1) is 0 Å². The van der Waals surface area contributed by atoms with Gasteiger partial charge in [-0.1, -0.05) is 17.7 Å². The van der Waals surface area contributed by atoms with Crippen molar-refractivity contribution in [3.8, 4) is 0 Å². The summed E-state index contributed by atoms with van der Waals surface area (Å²) in [5.74, 6) is 0. The topological polar surface area (TPSA) is 26.0 Å². The number of hydrogen-bond acceptors (Lipinski definition) is 1. The van der Waals surface area contributed by atoms with E-state index in [1.54, 1.807) is 0 Å². The van der Waals surface area contributed by atoms with Gasteiger partial charge in [-0.3, -0.25) is 0 Å². The molecule has 90 valence electrons. The number of alkyl halides is 5. The Labute approximate surface area is 93.0 Å². The van der Waals surface area contributed by atoms with Crippen LogP contribution in [-0.2, 0) is 6.18 Å². The zero-order valence-electron chi connectivity index (χ0n) is 7.73. The summed E-state index contributed by atoms with van der Waals surface area (Å²) in [4.78, 5) is 0. The average molecular weight is 260 g/mol. The Bertz CT molecular complexity index is 377. The molecule has 1 aromatic rings. The Morgan fingerprint density at radius 3 is 2.12 bits per heavy atom. The summed E-state index contributed by atoms with van der Waals surface area (Å²) >= 11 is 5.34. The summed E-state index contributed by atoms with van der Waals surface area (Å²) in [7, 11) is 0. The number of benzene rings is 1. The second-order valence-corrected chi connectivity index (χ2v) is 3.50. The second-order valence-electron chi connectivity index (χ2n) is 3.10. The molecule has 0 aromatic heterocycles. The average Bonchev–Trinajstić information content (AvgIpc) is 2.14. The fourth-order valence-corrected chi connectivity index (χ4v) is 1.41. The number of rotatable bonds is 2. The van der Waals surface area contributed by atoms with Gasteiger partial charge < -0.3 is 5.73 Å². The van der Waals surface area contributed by atoms with E-state index in [1.165, 1.54) is 0 Å². The molecule has 0 aliphatic rings. The summed E-state index contributed by atoms with van der Waals surface area (Å²) in [6, 6.07) is 0.701. The highest BCUT2D eigenvalue weighted by Gasteiger charge is 2.33. The highest BCUT2D eigenvalue weighted by molar-refractivity contribution is 6.31. The van der Waals surface area contributed by atoms with Crippen molar-refractivity contribution >= 4 is 11.6 Å². The van der Waals surface area contributed by atoms with E-state index in [4.69, 9.17) is 17.3 Å². The highest BCUT2D eigenvalue weighted by atomic mass is 35.5. The van der Waals surface area contributed by atoms with Crippen molar-refractivity contribution in [1.82, 2.24) is 0 Å². The number of hydrogen-bond donors (Lipinski definition) is 1. The molecule has 0 fully saturated rings. The van der Waals surface area contributed by atoms with Crippen LogP contribution in [0.3, 0.4) is 0 Å². The molecule has 0 amide bonds. The van der Waals surface area contributed by atoms with Crippen molar-refractivity contribution < 1.29 is 22.0 Å². The van der Waals surface area contributed by atoms with Gasteiger partial charge in [-0.05, 0) is 17.7 Å². The third kappa shape index (κ3) is 2.82. The molecule has 0 heterocycles. The molecule has 2 N–H and O–H groups in total. The molecule has 16 heavy (non-hydrogen) atoms. The molecule has 0 aliphatic carbocycles. The van der Waals surface area contributed by atoms with Crippen LogP contribution < -0.4 is 5.73 Å². The van der Waals surface area contributed by atoms with Crippen molar-refractivity contribution in [2.24, 2.45) is 5.73 Å². The molecule has 1 atom stereocenters. The SMILES string of the molecule is N[C@H](c1ccc(C(F)(F)F)c(Cl)c1)C(F)F. The van der Waals surface area contributed by atoms with Gasteiger partial charge >= 0.3 is 6.18 Å². The minimum absolute atomic E-state index is 0.131. The third-order valence-electron chi connectivity index (χ3n) is 1.95. The molecule has 0 unspecified atom stereocenters. The third-order valence-corrected chi connectivity index (χ3v) is 2.27. The lowest BCUT2D eigenvalue weighted by atomic mass is 10.1. The number of halogens is 6. The molecule has 0 spiro atoms. The van der Waals surface area contributed by atoms with E-state index < -0.39 is 29.2 Å². The van der Waals surface area contributed by atoms with Crippen LogP contribution in [0.15, 0.2) is 18.2 Å². The van der Waals surface area contributed by atoms with Crippen molar-refractivity contribution in [2.45, 2.75) is 18.6 Å². The summed E-state index contributed by atoms with van der Waals surface area (Å²) in [5.41, 5.74) is 3.87. The summed E-state index contributed by atoms with van der Waals surface area (Å²) in [5, 5.41) is -0.638. The van der Waals surface area contributed by atoms with Crippen molar-refractivity contribution in [3.63, 3.8) is 0 Å². The van der Waals surface area contributed by atoms with Crippen LogP contribution in [0.25, 0.3) is 0 Å². The van der Waals surface area contributed by atoms with Crippen LogP contribution >= 0.6 is 11.6 Å². The normalized spacial score (nSPS) is 14.2.